The quantitative estimate of drug-likeness (QED) is 0.528. The highest BCUT2D eigenvalue weighted by Crippen LogP contribution is 2.21. The Hall–Kier alpha value is -2.72. The summed E-state index contributed by atoms with van der Waals surface area (Å²) < 4.78 is 40.3. The van der Waals surface area contributed by atoms with Gasteiger partial charge in [0.15, 0.2) is 17.6 Å². The van der Waals surface area contributed by atoms with E-state index in [0.717, 1.165) is 6.42 Å². The van der Waals surface area contributed by atoms with Crippen LogP contribution in [0, 0.1) is 5.82 Å². The number of nitrogens with one attached hydrogen (secondary N) is 2. The maximum absolute atomic E-state index is 14.0. The van der Waals surface area contributed by atoms with E-state index in [9.17, 15) is 12.8 Å². The lowest BCUT2D eigenvalue weighted by atomic mass is 10.2. The second-order valence-electron chi connectivity index (χ2n) is 7.21. The van der Waals surface area contributed by atoms with Gasteiger partial charge in [0, 0.05) is 53.0 Å². The molecular formula is C20H27FN6O2S. The lowest BCUT2D eigenvalue weighted by Gasteiger charge is -2.20. The van der Waals surface area contributed by atoms with Gasteiger partial charge in [-0.25, -0.2) is 22.1 Å². The average molecular weight is 435 g/mol. The third kappa shape index (κ3) is 4.88. The Balaban J connectivity index is 1.63. The van der Waals surface area contributed by atoms with Crippen molar-refractivity contribution < 1.29 is 12.8 Å². The highest BCUT2D eigenvalue weighted by molar-refractivity contribution is 7.89. The number of pyridine rings is 1. The molecule has 1 aliphatic heterocycles. The van der Waals surface area contributed by atoms with E-state index < -0.39 is 10.0 Å². The molecule has 1 fully saturated rings. The smallest absolute Gasteiger partial charge is 0.242 e. The predicted octanol–water partition coefficient (Wildman–Crippen LogP) is 1.41. The number of halogens is 1. The number of sulfonamides is 1. The van der Waals surface area contributed by atoms with Gasteiger partial charge in [-0.1, -0.05) is 18.2 Å². The lowest BCUT2D eigenvalue weighted by molar-refractivity contribution is 0.519. The predicted molar refractivity (Wildman–Crippen MR) is 115 cm³/mol. The van der Waals surface area contributed by atoms with Gasteiger partial charge < -0.3 is 15.5 Å². The molecule has 0 bridgehead atoms. The minimum Gasteiger partial charge on any atom is -0.352 e. The molecule has 0 amide bonds. The summed E-state index contributed by atoms with van der Waals surface area (Å²) in [6, 6.07) is 9.93. The van der Waals surface area contributed by atoms with E-state index in [4.69, 9.17) is 0 Å². The summed E-state index contributed by atoms with van der Waals surface area (Å²) in [6.07, 6.45) is 2.39. The molecule has 0 radical (unpaired) electrons. The summed E-state index contributed by atoms with van der Waals surface area (Å²) in [7, 11) is 1.13. The number of aromatic nitrogens is 1. The Bertz CT molecular complexity index is 1010. The van der Waals surface area contributed by atoms with E-state index in [-0.39, 0.29) is 16.8 Å². The molecule has 1 atom stereocenters. The molecule has 0 spiro atoms. The largest absolute Gasteiger partial charge is 0.352 e. The van der Waals surface area contributed by atoms with Crippen molar-refractivity contribution in [3.05, 3.63) is 54.0 Å². The molecular weight excluding hydrogens is 407 g/mol. The van der Waals surface area contributed by atoms with Crippen LogP contribution in [0.15, 0.2) is 52.5 Å². The monoisotopic (exact) mass is 434 g/mol. The fourth-order valence-corrected chi connectivity index (χ4v) is 4.46. The Labute approximate surface area is 176 Å². The van der Waals surface area contributed by atoms with Gasteiger partial charge in [-0.3, -0.25) is 4.99 Å². The van der Waals surface area contributed by atoms with Crippen molar-refractivity contribution in [1.82, 2.24) is 19.9 Å². The van der Waals surface area contributed by atoms with Crippen LogP contribution in [0.25, 0.3) is 0 Å². The van der Waals surface area contributed by atoms with Crippen LogP contribution in [-0.2, 0) is 16.6 Å². The third-order valence-corrected chi connectivity index (χ3v) is 6.88. The first kappa shape index (κ1) is 22.0. The first-order valence-electron chi connectivity index (χ1n) is 9.66. The van der Waals surface area contributed by atoms with E-state index in [2.05, 4.69) is 20.6 Å². The van der Waals surface area contributed by atoms with Crippen molar-refractivity contribution in [2.75, 3.05) is 39.1 Å². The molecule has 1 unspecified atom stereocenters. The number of hydrogen-bond donors (Lipinski definition) is 2. The fourth-order valence-electron chi connectivity index (χ4n) is 3.35. The minimum atomic E-state index is -3.54. The van der Waals surface area contributed by atoms with Crippen LogP contribution in [-0.4, -0.2) is 63.9 Å². The zero-order valence-corrected chi connectivity index (χ0v) is 18.2. The number of hydrogen-bond acceptors (Lipinski definition) is 5. The molecule has 10 heteroatoms. The SMILES string of the molecule is CN=C(NCc1ccccc1S(=O)(=O)N(C)C)NC1CCN(c2ncccc2F)C1. The van der Waals surface area contributed by atoms with Gasteiger partial charge in [-0.15, -0.1) is 0 Å². The summed E-state index contributed by atoms with van der Waals surface area (Å²) >= 11 is 0. The van der Waals surface area contributed by atoms with Gasteiger partial charge in [0.2, 0.25) is 10.0 Å². The number of rotatable bonds is 6. The molecule has 3 rings (SSSR count). The zero-order chi connectivity index (χ0) is 21.7. The van der Waals surface area contributed by atoms with Gasteiger partial charge >= 0.3 is 0 Å². The molecule has 1 saturated heterocycles. The Morgan fingerprint density at radius 1 is 1.30 bits per heavy atom. The van der Waals surface area contributed by atoms with Crippen LogP contribution in [0.4, 0.5) is 10.2 Å². The molecule has 1 aromatic carbocycles. The second-order valence-corrected chi connectivity index (χ2v) is 9.33. The van der Waals surface area contributed by atoms with Crippen molar-refractivity contribution in [2.45, 2.75) is 23.9 Å². The van der Waals surface area contributed by atoms with E-state index >= 15 is 0 Å². The van der Waals surface area contributed by atoms with E-state index in [1.54, 1.807) is 43.6 Å². The summed E-state index contributed by atoms with van der Waals surface area (Å²) in [5, 5.41) is 6.50. The molecule has 8 nitrogen and oxygen atoms in total. The Morgan fingerprint density at radius 3 is 2.77 bits per heavy atom. The van der Waals surface area contributed by atoms with Crippen molar-refractivity contribution >= 4 is 21.8 Å². The maximum atomic E-state index is 14.0. The summed E-state index contributed by atoms with van der Waals surface area (Å²) in [5.74, 6) is 0.576. The Morgan fingerprint density at radius 2 is 2.07 bits per heavy atom. The van der Waals surface area contributed by atoms with Crippen molar-refractivity contribution in [2.24, 2.45) is 4.99 Å². The number of aliphatic imine (C=N–C) groups is 1. The summed E-state index contributed by atoms with van der Waals surface area (Å²) in [6.45, 7) is 1.58. The molecule has 2 heterocycles. The lowest BCUT2D eigenvalue weighted by Crippen LogP contribution is -2.44. The second kappa shape index (κ2) is 9.40. The maximum Gasteiger partial charge on any atom is 0.242 e. The van der Waals surface area contributed by atoms with Gasteiger partial charge in [0.1, 0.15) is 0 Å². The van der Waals surface area contributed by atoms with Crippen molar-refractivity contribution in [3.8, 4) is 0 Å². The number of benzene rings is 1. The Kier molecular flexibility index (Phi) is 6.88. The molecule has 0 aliphatic carbocycles. The first-order chi connectivity index (χ1) is 14.3. The van der Waals surface area contributed by atoms with Gasteiger partial charge in [-0.2, -0.15) is 0 Å². The summed E-state index contributed by atoms with van der Waals surface area (Å²) in [5.41, 5.74) is 0.651. The van der Waals surface area contributed by atoms with Crippen LogP contribution in [0.2, 0.25) is 0 Å². The molecule has 2 aromatic rings. The first-order valence-corrected chi connectivity index (χ1v) is 11.1. The van der Waals surface area contributed by atoms with E-state index in [1.165, 1.54) is 24.5 Å². The third-order valence-electron chi connectivity index (χ3n) is 4.97. The van der Waals surface area contributed by atoms with Gasteiger partial charge in [0.05, 0.1) is 4.90 Å². The van der Waals surface area contributed by atoms with E-state index in [1.807, 2.05) is 4.90 Å². The number of anilines is 1. The van der Waals surface area contributed by atoms with Crippen LogP contribution in [0.1, 0.15) is 12.0 Å². The highest BCUT2D eigenvalue weighted by atomic mass is 32.2. The molecule has 30 heavy (non-hydrogen) atoms. The zero-order valence-electron chi connectivity index (χ0n) is 17.3. The molecule has 1 aliphatic rings. The van der Waals surface area contributed by atoms with Gasteiger partial charge in [-0.05, 0) is 30.2 Å². The topological polar surface area (TPSA) is 89.9 Å². The minimum absolute atomic E-state index is 0.0679. The van der Waals surface area contributed by atoms with Gasteiger partial charge in [0.25, 0.3) is 0 Å². The highest BCUT2D eigenvalue weighted by Gasteiger charge is 2.26. The molecule has 162 valence electrons. The average Bonchev–Trinajstić information content (AvgIpc) is 3.19. The van der Waals surface area contributed by atoms with Crippen molar-refractivity contribution in [3.63, 3.8) is 0 Å². The van der Waals surface area contributed by atoms with Crippen LogP contribution in [0.3, 0.4) is 0 Å². The van der Waals surface area contributed by atoms with Crippen molar-refractivity contribution in [1.29, 1.82) is 0 Å². The number of guanidine groups is 1. The van der Waals surface area contributed by atoms with E-state index in [0.29, 0.717) is 37.0 Å². The summed E-state index contributed by atoms with van der Waals surface area (Å²) in [4.78, 5) is 10.5. The number of nitrogens with zero attached hydrogens (tertiary/aromatic N) is 4. The fraction of sp³-hybridized carbons (Fsp3) is 0.400. The standard InChI is InChI=1S/C20H27FN6O2S/c1-22-20(24-13-15-7-4-5-9-18(15)30(28,29)26(2)3)25-16-10-12-27(14-16)19-17(21)8-6-11-23-19/h4-9,11,16H,10,12-14H2,1-3H3,(H2,22,24,25). The normalized spacial score (nSPS) is 17.4. The van der Waals surface area contributed by atoms with Crippen LogP contribution >= 0.6 is 0 Å². The van der Waals surface area contributed by atoms with Crippen LogP contribution in [0.5, 0.6) is 0 Å². The molecule has 2 N–H and O–H groups in total. The van der Waals surface area contributed by atoms with Crippen LogP contribution < -0.4 is 15.5 Å². The molecule has 1 aromatic heterocycles. The molecule has 0 saturated carbocycles.